The Hall–Kier alpha value is -2.69. The predicted octanol–water partition coefficient (Wildman–Crippen LogP) is 4.71. The van der Waals surface area contributed by atoms with E-state index < -0.39 is 16.4 Å². The highest BCUT2D eigenvalue weighted by atomic mass is 32.2. The molecule has 0 amide bonds. The zero-order chi connectivity index (χ0) is 25.6. The van der Waals surface area contributed by atoms with Crippen LogP contribution < -0.4 is 5.14 Å². The van der Waals surface area contributed by atoms with E-state index in [-0.39, 0.29) is 18.4 Å². The molecule has 1 unspecified atom stereocenters. The van der Waals surface area contributed by atoms with Gasteiger partial charge in [-0.3, -0.25) is 4.18 Å². The smallest absolute Gasteiger partial charge is 0.333 e. The Balaban J connectivity index is 1.24. The second kappa shape index (κ2) is 9.89. The molecule has 0 aliphatic heterocycles. The van der Waals surface area contributed by atoms with Crippen LogP contribution in [-0.2, 0) is 27.3 Å². The predicted molar refractivity (Wildman–Crippen MR) is 145 cm³/mol. The lowest BCUT2D eigenvalue weighted by atomic mass is 9.92. The largest absolute Gasteiger partial charge is 0.393 e. The molecular weight excluding hydrogens is 506 g/mol. The summed E-state index contributed by atoms with van der Waals surface area (Å²) in [6.07, 6.45) is 5.21. The number of benzene rings is 2. The van der Waals surface area contributed by atoms with Crippen LogP contribution >= 0.6 is 11.3 Å². The molecule has 2 heterocycles. The fourth-order valence-electron chi connectivity index (χ4n) is 6.14. The van der Waals surface area contributed by atoms with Gasteiger partial charge in [-0.05, 0) is 77.1 Å². The molecule has 7 nitrogen and oxygen atoms in total. The van der Waals surface area contributed by atoms with Crippen molar-refractivity contribution in [1.29, 1.82) is 0 Å². The molecule has 1 fully saturated rings. The monoisotopic (exact) mass is 535 g/mol. The quantitative estimate of drug-likeness (QED) is 0.354. The first kappa shape index (κ1) is 24.6. The highest BCUT2D eigenvalue weighted by Crippen LogP contribution is 2.45. The molecular formula is C28H29N3O4S2. The van der Waals surface area contributed by atoms with Crippen LogP contribution in [0.15, 0.2) is 60.2 Å². The molecule has 3 N–H and O–H groups in total. The molecule has 0 saturated heterocycles. The molecule has 192 valence electrons. The zero-order valence-corrected chi connectivity index (χ0v) is 21.9. The second-order valence-electron chi connectivity index (χ2n) is 10.1. The summed E-state index contributed by atoms with van der Waals surface area (Å²) < 4.78 is 28.2. The number of aliphatic hydroxyl groups is 1. The Labute approximate surface area is 220 Å². The Morgan fingerprint density at radius 1 is 1.05 bits per heavy atom. The number of aromatic nitrogens is 2. The number of hydrogen-bond donors (Lipinski definition) is 2. The van der Waals surface area contributed by atoms with Crippen molar-refractivity contribution in [1.82, 2.24) is 9.97 Å². The topological polar surface area (TPSA) is 115 Å². The van der Waals surface area contributed by atoms with Gasteiger partial charge in [-0.25, -0.2) is 15.1 Å². The van der Waals surface area contributed by atoms with Crippen LogP contribution in [0.4, 0.5) is 0 Å². The number of hydrogen-bond acceptors (Lipinski definition) is 7. The van der Waals surface area contributed by atoms with Crippen LogP contribution in [0, 0.1) is 5.92 Å². The molecule has 6 rings (SSSR count). The maximum Gasteiger partial charge on any atom is 0.333 e. The van der Waals surface area contributed by atoms with Gasteiger partial charge in [-0.2, -0.15) is 8.42 Å². The molecule has 2 aliphatic carbocycles. The van der Waals surface area contributed by atoms with Gasteiger partial charge in [0, 0.05) is 5.92 Å². The van der Waals surface area contributed by atoms with Crippen LogP contribution in [0.25, 0.3) is 21.3 Å². The number of thiophene rings is 1. The number of aliphatic hydroxyl groups excluding tert-OH is 1. The standard InChI is InChI=1S/C28H29N3O4S2/c29-37(33,34)35-14-20-11-19(13-26(20)32)24-15-36-28-25(30-16-31-27(24)28)12-18-9-10-23-21(7-4-8-22(18)23)17-5-2-1-3-6-17/h1-8,15-16,18-20,26,32H,9-14H2,(H2,29,33,34)/t18?,19-,20+,26+/m1/s1. The Morgan fingerprint density at radius 3 is 2.70 bits per heavy atom. The van der Waals surface area contributed by atoms with Crippen molar-refractivity contribution in [3.63, 3.8) is 0 Å². The van der Waals surface area contributed by atoms with Crippen LogP contribution in [-0.4, -0.2) is 36.2 Å². The molecule has 9 heteroatoms. The summed E-state index contributed by atoms with van der Waals surface area (Å²) in [7, 11) is -4.03. The molecule has 0 spiro atoms. The van der Waals surface area contributed by atoms with Gasteiger partial charge in [0.25, 0.3) is 0 Å². The Kier molecular flexibility index (Phi) is 6.58. The Bertz CT molecular complexity index is 1540. The third kappa shape index (κ3) is 4.94. The van der Waals surface area contributed by atoms with E-state index in [4.69, 9.17) is 14.3 Å². The lowest BCUT2D eigenvalue weighted by Gasteiger charge is -2.14. The molecule has 0 bridgehead atoms. The number of rotatable bonds is 7. The fraction of sp³-hybridized carbons (Fsp3) is 0.357. The lowest BCUT2D eigenvalue weighted by Crippen LogP contribution is -2.24. The van der Waals surface area contributed by atoms with Crippen molar-refractivity contribution in [2.45, 2.75) is 50.0 Å². The first-order chi connectivity index (χ1) is 17.9. The van der Waals surface area contributed by atoms with Gasteiger partial charge in [0.15, 0.2) is 0 Å². The van der Waals surface area contributed by atoms with E-state index in [0.29, 0.717) is 18.8 Å². The molecule has 2 aliphatic rings. The molecule has 37 heavy (non-hydrogen) atoms. The van der Waals surface area contributed by atoms with Crippen molar-refractivity contribution in [2.75, 3.05) is 6.61 Å². The molecule has 4 atom stereocenters. The van der Waals surface area contributed by atoms with E-state index in [1.54, 1.807) is 17.7 Å². The average molecular weight is 536 g/mol. The summed E-state index contributed by atoms with van der Waals surface area (Å²) in [5.74, 6) is 0.213. The van der Waals surface area contributed by atoms with Crippen molar-refractivity contribution < 1.29 is 17.7 Å². The highest BCUT2D eigenvalue weighted by Gasteiger charge is 2.36. The van der Waals surface area contributed by atoms with Gasteiger partial charge in [0.05, 0.1) is 28.6 Å². The van der Waals surface area contributed by atoms with Gasteiger partial charge >= 0.3 is 10.3 Å². The summed E-state index contributed by atoms with van der Waals surface area (Å²) >= 11 is 1.66. The molecule has 2 aromatic carbocycles. The number of nitrogens with two attached hydrogens (primary N) is 1. The van der Waals surface area contributed by atoms with E-state index in [2.05, 4.69) is 58.9 Å². The summed E-state index contributed by atoms with van der Waals surface area (Å²) in [6.45, 7) is -0.106. The molecule has 1 saturated carbocycles. The Morgan fingerprint density at radius 2 is 1.89 bits per heavy atom. The SMILES string of the molecule is NS(=O)(=O)OC[C@@H]1C[C@@H](c2csc3c(CC4CCc5c(-c6ccccc6)cccc54)ncnc23)C[C@@H]1O. The number of fused-ring (bicyclic) bond motifs is 2. The minimum Gasteiger partial charge on any atom is -0.393 e. The van der Waals surface area contributed by atoms with Gasteiger partial charge in [-0.15, -0.1) is 11.3 Å². The van der Waals surface area contributed by atoms with E-state index in [1.165, 1.54) is 22.3 Å². The molecule has 0 radical (unpaired) electrons. The summed E-state index contributed by atoms with van der Waals surface area (Å²) in [5, 5.41) is 17.6. The molecule has 4 aromatic rings. The first-order valence-electron chi connectivity index (χ1n) is 12.6. The maximum atomic E-state index is 11.2. The van der Waals surface area contributed by atoms with Crippen molar-refractivity contribution in [2.24, 2.45) is 11.1 Å². The summed E-state index contributed by atoms with van der Waals surface area (Å²) in [4.78, 5) is 9.32. The highest BCUT2D eigenvalue weighted by molar-refractivity contribution is 7.84. The maximum absolute atomic E-state index is 11.2. The van der Waals surface area contributed by atoms with Gasteiger partial charge in [0.2, 0.25) is 0 Å². The third-order valence-corrected chi connectivity index (χ3v) is 9.42. The minimum atomic E-state index is -4.03. The van der Waals surface area contributed by atoms with Crippen molar-refractivity contribution >= 4 is 31.9 Å². The van der Waals surface area contributed by atoms with E-state index >= 15 is 0 Å². The van der Waals surface area contributed by atoms with Crippen molar-refractivity contribution in [3.8, 4) is 11.1 Å². The average Bonchev–Trinajstić information content (AvgIpc) is 3.60. The normalized spacial score (nSPS) is 23.5. The van der Waals surface area contributed by atoms with Crippen LogP contribution in [0.3, 0.4) is 0 Å². The fourth-order valence-corrected chi connectivity index (χ4v) is 7.61. The van der Waals surface area contributed by atoms with Gasteiger partial charge in [-0.1, -0.05) is 48.5 Å². The zero-order valence-electron chi connectivity index (χ0n) is 20.3. The van der Waals surface area contributed by atoms with Crippen LogP contribution in [0.1, 0.15) is 53.5 Å². The van der Waals surface area contributed by atoms with Crippen LogP contribution in [0.5, 0.6) is 0 Å². The van der Waals surface area contributed by atoms with E-state index in [9.17, 15) is 13.5 Å². The van der Waals surface area contributed by atoms with Gasteiger partial charge in [0.1, 0.15) is 6.33 Å². The molecule has 2 aromatic heterocycles. The van der Waals surface area contributed by atoms with E-state index in [0.717, 1.165) is 40.7 Å². The minimum absolute atomic E-state index is 0.0845. The van der Waals surface area contributed by atoms with Gasteiger partial charge < -0.3 is 5.11 Å². The summed E-state index contributed by atoms with van der Waals surface area (Å²) in [5.41, 5.74) is 8.56. The third-order valence-electron chi connectivity index (χ3n) is 7.92. The van der Waals surface area contributed by atoms with Crippen LogP contribution in [0.2, 0.25) is 0 Å². The second-order valence-corrected chi connectivity index (χ2v) is 12.2. The van der Waals surface area contributed by atoms with E-state index in [1.807, 2.05) is 0 Å². The first-order valence-corrected chi connectivity index (χ1v) is 15.0. The number of nitrogens with zero attached hydrogens (tertiary/aromatic N) is 2. The summed E-state index contributed by atoms with van der Waals surface area (Å²) in [6, 6.07) is 17.2. The van der Waals surface area contributed by atoms with Crippen molar-refractivity contribution in [3.05, 3.63) is 82.6 Å². The lowest BCUT2D eigenvalue weighted by molar-refractivity contribution is 0.101.